The number of nitrogens with one attached hydrogen (secondary N) is 1. The predicted molar refractivity (Wildman–Crippen MR) is 62.5 cm³/mol. The van der Waals surface area contributed by atoms with Crippen molar-refractivity contribution < 1.29 is 9.13 Å². The Morgan fingerprint density at radius 2 is 2.25 bits per heavy atom. The molecule has 1 saturated carbocycles. The number of rotatable bonds is 6. The smallest absolute Gasteiger partial charge is 0.123 e. The second-order valence-corrected chi connectivity index (χ2v) is 4.30. The molecule has 1 aliphatic rings. The Bertz CT molecular complexity index is 350. The first-order chi connectivity index (χ1) is 7.79. The quantitative estimate of drug-likeness (QED) is 0.800. The number of ether oxygens (including phenoxy) is 1. The standard InChI is InChI=1S/C13H18FNO/c1-10-2-5-13(16-7-6-14)11(8-10)9-15-12-3-4-12/h2,5,8,12,15H,3-4,6-7,9H2,1H3. The Hall–Kier alpha value is -1.09. The van der Waals surface area contributed by atoms with Crippen molar-refractivity contribution in [2.75, 3.05) is 13.3 Å². The van der Waals surface area contributed by atoms with Crippen LogP contribution in [0.5, 0.6) is 5.75 Å². The molecule has 1 fully saturated rings. The van der Waals surface area contributed by atoms with Gasteiger partial charge in [0.25, 0.3) is 0 Å². The average molecular weight is 223 g/mol. The molecule has 16 heavy (non-hydrogen) atoms. The fraction of sp³-hybridized carbons (Fsp3) is 0.538. The Morgan fingerprint density at radius 3 is 2.94 bits per heavy atom. The van der Waals surface area contributed by atoms with Gasteiger partial charge in [0.15, 0.2) is 0 Å². The third-order valence-electron chi connectivity index (χ3n) is 2.71. The highest BCUT2D eigenvalue weighted by Crippen LogP contribution is 2.23. The molecule has 0 unspecified atom stereocenters. The SMILES string of the molecule is Cc1ccc(OCCF)c(CNC2CC2)c1. The van der Waals surface area contributed by atoms with Crippen LogP contribution in [0.25, 0.3) is 0 Å². The predicted octanol–water partition coefficient (Wildman–Crippen LogP) is 2.60. The number of benzene rings is 1. The molecule has 0 amide bonds. The van der Waals surface area contributed by atoms with E-state index in [1.54, 1.807) is 0 Å². The molecule has 0 radical (unpaired) electrons. The molecule has 1 N–H and O–H groups in total. The van der Waals surface area contributed by atoms with Crippen molar-refractivity contribution in [1.29, 1.82) is 0 Å². The second kappa shape index (κ2) is 5.30. The topological polar surface area (TPSA) is 21.3 Å². The number of halogens is 1. The zero-order valence-corrected chi connectivity index (χ0v) is 9.63. The third-order valence-corrected chi connectivity index (χ3v) is 2.71. The van der Waals surface area contributed by atoms with Gasteiger partial charge in [0.2, 0.25) is 0 Å². The largest absolute Gasteiger partial charge is 0.491 e. The molecule has 1 aromatic rings. The first kappa shape index (κ1) is 11.4. The van der Waals surface area contributed by atoms with E-state index >= 15 is 0 Å². The van der Waals surface area contributed by atoms with E-state index in [0.717, 1.165) is 17.9 Å². The van der Waals surface area contributed by atoms with Crippen molar-refractivity contribution in [3.05, 3.63) is 29.3 Å². The molecule has 0 atom stereocenters. The summed E-state index contributed by atoms with van der Waals surface area (Å²) in [4.78, 5) is 0. The maximum absolute atomic E-state index is 12.1. The summed E-state index contributed by atoms with van der Waals surface area (Å²) in [5, 5.41) is 3.44. The van der Waals surface area contributed by atoms with E-state index in [9.17, 15) is 4.39 Å². The number of alkyl halides is 1. The van der Waals surface area contributed by atoms with Gasteiger partial charge in [-0.15, -0.1) is 0 Å². The van der Waals surface area contributed by atoms with Crippen LogP contribution in [0, 0.1) is 6.92 Å². The van der Waals surface area contributed by atoms with Gasteiger partial charge in [0.05, 0.1) is 0 Å². The summed E-state index contributed by atoms with van der Waals surface area (Å²) in [7, 11) is 0. The van der Waals surface area contributed by atoms with Gasteiger partial charge in [0, 0.05) is 18.2 Å². The maximum Gasteiger partial charge on any atom is 0.123 e. The molecule has 3 heteroatoms. The van der Waals surface area contributed by atoms with Crippen molar-refractivity contribution in [3.8, 4) is 5.75 Å². The van der Waals surface area contributed by atoms with Crippen LogP contribution in [-0.2, 0) is 6.54 Å². The van der Waals surface area contributed by atoms with Crippen LogP contribution < -0.4 is 10.1 Å². The number of hydrogen-bond donors (Lipinski definition) is 1. The van der Waals surface area contributed by atoms with Crippen molar-refractivity contribution in [2.45, 2.75) is 32.4 Å². The normalized spacial score (nSPS) is 15.1. The summed E-state index contributed by atoms with van der Waals surface area (Å²) in [5.41, 5.74) is 2.33. The monoisotopic (exact) mass is 223 g/mol. The highest BCUT2D eigenvalue weighted by molar-refractivity contribution is 5.36. The minimum atomic E-state index is -0.441. The lowest BCUT2D eigenvalue weighted by Gasteiger charge is -2.12. The Balaban J connectivity index is 2.01. The van der Waals surface area contributed by atoms with Gasteiger partial charge in [-0.05, 0) is 25.8 Å². The van der Waals surface area contributed by atoms with Crippen LogP contribution in [-0.4, -0.2) is 19.3 Å². The molecular formula is C13H18FNO. The zero-order chi connectivity index (χ0) is 11.4. The summed E-state index contributed by atoms with van der Waals surface area (Å²) < 4.78 is 17.5. The van der Waals surface area contributed by atoms with Gasteiger partial charge in [0.1, 0.15) is 19.0 Å². The van der Waals surface area contributed by atoms with Crippen molar-refractivity contribution in [3.63, 3.8) is 0 Å². The van der Waals surface area contributed by atoms with Crippen molar-refractivity contribution in [1.82, 2.24) is 5.32 Å². The van der Waals surface area contributed by atoms with Crippen LogP contribution >= 0.6 is 0 Å². The minimum Gasteiger partial charge on any atom is -0.491 e. The van der Waals surface area contributed by atoms with Crippen molar-refractivity contribution in [2.24, 2.45) is 0 Å². The average Bonchev–Trinajstić information content (AvgIpc) is 3.09. The van der Waals surface area contributed by atoms with Crippen LogP contribution in [0.4, 0.5) is 4.39 Å². The summed E-state index contributed by atoms with van der Waals surface area (Å²) in [6.07, 6.45) is 2.54. The summed E-state index contributed by atoms with van der Waals surface area (Å²) in [5.74, 6) is 0.802. The van der Waals surface area contributed by atoms with E-state index in [2.05, 4.69) is 18.3 Å². The van der Waals surface area contributed by atoms with E-state index in [1.165, 1.54) is 18.4 Å². The van der Waals surface area contributed by atoms with Crippen LogP contribution in [0.3, 0.4) is 0 Å². The molecule has 0 aromatic heterocycles. The van der Waals surface area contributed by atoms with Gasteiger partial charge in [-0.25, -0.2) is 4.39 Å². The molecule has 0 saturated heterocycles. The van der Waals surface area contributed by atoms with E-state index in [0.29, 0.717) is 6.04 Å². The van der Waals surface area contributed by atoms with Gasteiger partial charge < -0.3 is 10.1 Å². The van der Waals surface area contributed by atoms with E-state index < -0.39 is 6.67 Å². The summed E-state index contributed by atoms with van der Waals surface area (Å²) >= 11 is 0. The van der Waals surface area contributed by atoms with Gasteiger partial charge in [-0.2, -0.15) is 0 Å². The lowest BCUT2D eigenvalue weighted by atomic mass is 10.1. The summed E-state index contributed by atoms with van der Waals surface area (Å²) in [6, 6.07) is 6.70. The Kier molecular flexibility index (Phi) is 3.78. The molecule has 1 aromatic carbocycles. The molecule has 2 rings (SSSR count). The molecule has 0 bridgehead atoms. The van der Waals surface area contributed by atoms with E-state index in [4.69, 9.17) is 4.74 Å². The molecule has 2 nitrogen and oxygen atoms in total. The van der Waals surface area contributed by atoms with Crippen molar-refractivity contribution >= 4 is 0 Å². The molecular weight excluding hydrogens is 205 g/mol. The first-order valence-corrected chi connectivity index (χ1v) is 5.81. The van der Waals surface area contributed by atoms with Gasteiger partial charge >= 0.3 is 0 Å². The van der Waals surface area contributed by atoms with E-state index in [1.807, 2.05) is 12.1 Å². The fourth-order valence-corrected chi connectivity index (χ4v) is 1.68. The second-order valence-electron chi connectivity index (χ2n) is 4.30. The maximum atomic E-state index is 12.1. The molecule has 0 heterocycles. The molecule has 1 aliphatic carbocycles. The minimum absolute atomic E-state index is 0.138. The lowest BCUT2D eigenvalue weighted by molar-refractivity contribution is 0.270. The van der Waals surface area contributed by atoms with Crippen LogP contribution in [0.2, 0.25) is 0 Å². The molecule has 88 valence electrons. The Morgan fingerprint density at radius 1 is 1.44 bits per heavy atom. The summed E-state index contributed by atoms with van der Waals surface area (Å²) in [6.45, 7) is 2.57. The fourth-order valence-electron chi connectivity index (χ4n) is 1.68. The third kappa shape index (κ3) is 3.20. The van der Waals surface area contributed by atoms with E-state index in [-0.39, 0.29) is 6.61 Å². The Labute approximate surface area is 95.8 Å². The molecule has 0 spiro atoms. The zero-order valence-electron chi connectivity index (χ0n) is 9.63. The van der Waals surface area contributed by atoms with Crippen LogP contribution in [0.15, 0.2) is 18.2 Å². The number of aryl methyl sites for hydroxylation is 1. The first-order valence-electron chi connectivity index (χ1n) is 5.81. The highest BCUT2D eigenvalue weighted by atomic mass is 19.1. The number of hydrogen-bond acceptors (Lipinski definition) is 2. The van der Waals surface area contributed by atoms with Gasteiger partial charge in [-0.3, -0.25) is 0 Å². The van der Waals surface area contributed by atoms with Gasteiger partial charge in [-0.1, -0.05) is 17.7 Å². The lowest BCUT2D eigenvalue weighted by Crippen LogP contribution is -2.16. The van der Waals surface area contributed by atoms with Crippen LogP contribution in [0.1, 0.15) is 24.0 Å². The molecule has 0 aliphatic heterocycles. The highest BCUT2D eigenvalue weighted by Gasteiger charge is 2.20.